The Balaban J connectivity index is 1.66. The van der Waals surface area contributed by atoms with E-state index in [0.29, 0.717) is 19.5 Å². The fourth-order valence-corrected chi connectivity index (χ4v) is 3.71. The number of carbonyl (C=O) groups is 3. The van der Waals surface area contributed by atoms with Gasteiger partial charge in [0.05, 0.1) is 5.56 Å². The Kier molecular flexibility index (Phi) is 5.14. The van der Waals surface area contributed by atoms with Gasteiger partial charge >= 0.3 is 5.97 Å². The van der Waals surface area contributed by atoms with E-state index in [9.17, 15) is 14.4 Å². The fraction of sp³-hybridized carbons (Fsp3) is 0.278. The van der Waals surface area contributed by atoms with Crippen LogP contribution in [0.25, 0.3) is 0 Å². The van der Waals surface area contributed by atoms with Crippen molar-refractivity contribution in [1.82, 2.24) is 10.2 Å². The number of thiophene rings is 1. The molecular weight excluding hydrogens is 340 g/mol. The van der Waals surface area contributed by atoms with Gasteiger partial charge in [-0.25, -0.2) is 4.79 Å². The van der Waals surface area contributed by atoms with E-state index in [1.807, 2.05) is 17.5 Å². The lowest BCUT2D eigenvalue weighted by molar-refractivity contribution is -0.143. The first kappa shape index (κ1) is 17.2. The predicted molar refractivity (Wildman–Crippen MR) is 93.5 cm³/mol. The van der Waals surface area contributed by atoms with Gasteiger partial charge in [0.1, 0.15) is 6.04 Å². The number of hydrogen-bond donors (Lipinski definition) is 2. The highest BCUT2D eigenvalue weighted by atomic mass is 32.1. The molecule has 1 atom stereocenters. The zero-order valence-electron chi connectivity index (χ0n) is 13.5. The van der Waals surface area contributed by atoms with Crippen LogP contribution in [0.5, 0.6) is 0 Å². The van der Waals surface area contributed by atoms with Crippen LogP contribution in [-0.4, -0.2) is 40.9 Å². The van der Waals surface area contributed by atoms with Crippen LogP contribution < -0.4 is 5.32 Å². The molecular formula is C18H18N2O4S. The maximum atomic E-state index is 12.7. The molecule has 1 aliphatic rings. The van der Waals surface area contributed by atoms with E-state index in [2.05, 4.69) is 5.32 Å². The number of carbonyl (C=O) groups excluding carboxylic acids is 2. The quantitative estimate of drug-likeness (QED) is 0.857. The van der Waals surface area contributed by atoms with Gasteiger partial charge in [0.15, 0.2) is 0 Å². The first-order chi connectivity index (χ1) is 12.1. The molecule has 0 spiro atoms. The third kappa shape index (κ3) is 3.88. The van der Waals surface area contributed by atoms with Crippen LogP contribution >= 0.6 is 11.3 Å². The van der Waals surface area contributed by atoms with E-state index in [1.54, 1.807) is 17.0 Å². The molecule has 0 aliphatic carbocycles. The molecule has 1 unspecified atom stereocenters. The Hall–Kier alpha value is -2.67. The van der Waals surface area contributed by atoms with Crippen molar-refractivity contribution in [2.75, 3.05) is 13.1 Å². The molecule has 1 aromatic carbocycles. The molecule has 3 rings (SSSR count). The third-order valence-corrected chi connectivity index (χ3v) is 5.10. The van der Waals surface area contributed by atoms with Crippen molar-refractivity contribution in [1.29, 1.82) is 0 Å². The molecule has 0 bridgehead atoms. The molecule has 1 aliphatic heterocycles. The van der Waals surface area contributed by atoms with Crippen LogP contribution in [0, 0.1) is 0 Å². The van der Waals surface area contributed by atoms with Gasteiger partial charge in [-0.3, -0.25) is 9.59 Å². The minimum Gasteiger partial charge on any atom is -0.478 e. The molecule has 130 valence electrons. The number of aromatic carboxylic acids is 1. The number of benzene rings is 1. The van der Waals surface area contributed by atoms with Crippen LogP contribution in [-0.2, 0) is 16.0 Å². The highest BCUT2D eigenvalue weighted by Crippen LogP contribution is 2.27. The van der Waals surface area contributed by atoms with E-state index in [1.165, 1.54) is 23.5 Å². The van der Waals surface area contributed by atoms with Gasteiger partial charge in [-0.1, -0.05) is 18.2 Å². The first-order valence-electron chi connectivity index (χ1n) is 7.99. The van der Waals surface area contributed by atoms with Crippen molar-refractivity contribution >= 4 is 29.1 Å². The summed E-state index contributed by atoms with van der Waals surface area (Å²) in [6.07, 6.45) is 0.787. The highest BCUT2D eigenvalue weighted by molar-refractivity contribution is 7.10. The smallest absolute Gasteiger partial charge is 0.335 e. The second kappa shape index (κ2) is 7.48. The van der Waals surface area contributed by atoms with Crippen LogP contribution in [0.4, 0.5) is 0 Å². The Morgan fingerprint density at radius 2 is 2.00 bits per heavy atom. The number of rotatable bonds is 5. The average Bonchev–Trinajstić information content (AvgIpc) is 3.14. The standard InChI is InChI=1S/C18H18N2O4S/c21-15(8-5-12-3-6-13(7-4-12)18(23)24)20-10-9-19-17(22)16(20)14-2-1-11-25-14/h1-4,6-7,11,16H,5,8-10H2,(H,19,22)(H,23,24). The van der Waals surface area contributed by atoms with Crippen molar-refractivity contribution in [3.8, 4) is 0 Å². The van der Waals surface area contributed by atoms with E-state index in [-0.39, 0.29) is 23.8 Å². The molecule has 2 amide bonds. The number of amides is 2. The molecule has 1 saturated heterocycles. The van der Waals surface area contributed by atoms with Crippen molar-refractivity contribution in [2.24, 2.45) is 0 Å². The Labute approximate surface area is 149 Å². The fourth-order valence-electron chi connectivity index (χ4n) is 2.87. The summed E-state index contributed by atoms with van der Waals surface area (Å²) in [7, 11) is 0. The zero-order valence-corrected chi connectivity index (χ0v) is 14.3. The van der Waals surface area contributed by atoms with Gasteiger partial charge < -0.3 is 15.3 Å². The third-order valence-electron chi connectivity index (χ3n) is 4.17. The monoisotopic (exact) mass is 358 g/mol. The first-order valence-corrected chi connectivity index (χ1v) is 8.87. The molecule has 1 aromatic heterocycles. The Morgan fingerprint density at radius 1 is 1.24 bits per heavy atom. The molecule has 2 heterocycles. The van der Waals surface area contributed by atoms with Crippen molar-refractivity contribution in [2.45, 2.75) is 18.9 Å². The molecule has 0 radical (unpaired) electrons. The minimum absolute atomic E-state index is 0.0736. The molecule has 6 nitrogen and oxygen atoms in total. The summed E-state index contributed by atoms with van der Waals surface area (Å²) in [5.41, 5.74) is 1.12. The number of piperazine rings is 1. The maximum Gasteiger partial charge on any atom is 0.335 e. The molecule has 7 heteroatoms. The van der Waals surface area contributed by atoms with E-state index in [4.69, 9.17) is 5.11 Å². The normalized spacial score (nSPS) is 17.2. The number of hydrogen-bond acceptors (Lipinski definition) is 4. The Morgan fingerprint density at radius 3 is 2.64 bits per heavy atom. The lowest BCUT2D eigenvalue weighted by Gasteiger charge is -2.34. The predicted octanol–water partition coefficient (Wildman–Crippen LogP) is 2.08. The number of nitrogens with zero attached hydrogens (tertiary/aromatic N) is 1. The lowest BCUT2D eigenvalue weighted by atomic mass is 10.1. The molecule has 0 saturated carbocycles. The topological polar surface area (TPSA) is 86.7 Å². The van der Waals surface area contributed by atoms with E-state index >= 15 is 0 Å². The van der Waals surface area contributed by atoms with Crippen LogP contribution in [0.15, 0.2) is 41.8 Å². The largest absolute Gasteiger partial charge is 0.478 e. The summed E-state index contributed by atoms with van der Waals surface area (Å²) in [6.45, 7) is 0.949. The Bertz CT molecular complexity index is 771. The molecule has 2 N–H and O–H groups in total. The highest BCUT2D eigenvalue weighted by Gasteiger charge is 2.34. The van der Waals surface area contributed by atoms with E-state index < -0.39 is 12.0 Å². The maximum absolute atomic E-state index is 12.7. The SMILES string of the molecule is O=C(O)c1ccc(CCC(=O)N2CCNC(=O)C2c2cccs2)cc1. The van der Waals surface area contributed by atoms with Crippen molar-refractivity contribution < 1.29 is 19.5 Å². The van der Waals surface area contributed by atoms with Crippen LogP contribution in [0.1, 0.15) is 33.3 Å². The van der Waals surface area contributed by atoms with Gasteiger partial charge in [-0.05, 0) is 35.6 Å². The summed E-state index contributed by atoms with van der Waals surface area (Å²) in [6, 6.07) is 9.68. The molecule has 25 heavy (non-hydrogen) atoms. The summed E-state index contributed by atoms with van der Waals surface area (Å²) >= 11 is 1.46. The lowest BCUT2D eigenvalue weighted by Crippen LogP contribution is -2.52. The summed E-state index contributed by atoms with van der Waals surface area (Å²) in [5.74, 6) is -1.19. The molecule has 1 fully saturated rings. The molecule has 2 aromatic rings. The van der Waals surface area contributed by atoms with Crippen LogP contribution in [0.2, 0.25) is 0 Å². The number of aryl methyl sites for hydroxylation is 1. The summed E-state index contributed by atoms with van der Waals surface area (Å²) in [5, 5.41) is 13.6. The van der Waals surface area contributed by atoms with E-state index in [0.717, 1.165) is 10.4 Å². The van der Waals surface area contributed by atoms with Gasteiger partial charge in [0.25, 0.3) is 0 Å². The second-order valence-electron chi connectivity index (χ2n) is 5.80. The van der Waals surface area contributed by atoms with Gasteiger partial charge in [-0.15, -0.1) is 11.3 Å². The van der Waals surface area contributed by atoms with Gasteiger partial charge in [0.2, 0.25) is 11.8 Å². The van der Waals surface area contributed by atoms with Crippen molar-refractivity contribution in [3.63, 3.8) is 0 Å². The van der Waals surface area contributed by atoms with Crippen LogP contribution in [0.3, 0.4) is 0 Å². The van der Waals surface area contributed by atoms with Gasteiger partial charge in [-0.2, -0.15) is 0 Å². The average molecular weight is 358 g/mol. The van der Waals surface area contributed by atoms with Gasteiger partial charge in [0, 0.05) is 24.4 Å². The summed E-state index contributed by atoms with van der Waals surface area (Å²) in [4.78, 5) is 38.2. The van der Waals surface area contributed by atoms with Crippen molar-refractivity contribution in [3.05, 3.63) is 57.8 Å². The minimum atomic E-state index is -0.972. The number of carboxylic acid groups (broad SMARTS) is 1. The number of carboxylic acids is 1. The zero-order chi connectivity index (χ0) is 17.8. The second-order valence-corrected chi connectivity index (χ2v) is 6.78. The summed E-state index contributed by atoms with van der Waals surface area (Å²) < 4.78 is 0. The number of nitrogens with one attached hydrogen (secondary N) is 1.